The maximum atomic E-state index is 4.80. The molecule has 0 saturated heterocycles. The minimum absolute atomic E-state index is 0. The third kappa shape index (κ3) is 9.07. The normalized spacial score (nSPS) is 11.3. The fraction of sp³-hybridized carbons (Fsp3) is 0.750. The van der Waals surface area contributed by atoms with Crippen LogP contribution in [0.25, 0.3) is 0 Å². The summed E-state index contributed by atoms with van der Waals surface area (Å²) in [7, 11) is 1.59. The first-order valence-corrected chi connectivity index (χ1v) is 2.98. The third-order valence-electron chi connectivity index (χ3n) is 0.675. The summed E-state index contributed by atoms with van der Waals surface area (Å²) >= 11 is 9.12. The van der Waals surface area contributed by atoms with Gasteiger partial charge in [-0.25, -0.2) is 0 Å². The van der Waals surface area contributed by atoms with Crippen LogP contribution in [0.3, 0.4) is 0 Å². The molecule has 0 aliphatic rings. The number of ether oxygens (including phenoxy) is 1. The smallest absolute Gasteiger partial charge is 0.412 e. The maximum Gasteiger partial charge on any atom is 1.00 e. The van der Waals surface area contributed by atoms with Crippen LogP contribution in [-0.2, 0) is 17.4 Å². The minimum atomic E-state index is -0.0694. The van der Waals surface area contributed by atoms with E-state index in [4.69, 9.17) is 4.74 Å². The summed E-state index contributed by atoms with van der Waals surface area (Å²) in [5.41, 5.74) is 0. The van der Waals surface area contributed by atoms with Crippen LogP contribution in [0.1, 0.15) is 6.92 Å². The summed E-state index contributed by atoms with van der Waals surface area (Å²) in [6.45, 7) is 1.83. The maximum absolute atomic E-state index is 4.80. The molecule has 0 aromatic rings. The van der Waals surface area contributed by atoms with E-state index in [1.165, 1.54) is 0 Å². The van der Waals surface area contributed by atoms with Gasteiger partial charge in [0.15, 0.2) is 0 Å². The van der Waals surface area contributed by atoms with Crippen molar-refractivity contribution >= 4 is 29.2 Å². The van der Waals surface area contributed by atoms with Gasteiger partial charge in [0.25, 0.3) is 0 Å². The first-order chi connectivity index (χ1) is 3.66. The molecule has 1 unspecified atom stereocenters. The zero-order valence-corrected chi connectivity index (χ0v) is 9.44. The number of nitrogens with one attached hydrogen (secondary N) is 1. The van der Waals surface area contributed by atoms with E-state index in [0.29, 0.717) is 4.32 Å². The molecule has 1 N–H and O–H groups in total. The Kier molecular flexibility index (Phi) is 10.1. The van der Waals surface area contributed by atoms with Gasteiger partial charge in [0.2, 0.25) is 0 Å². The van der Waals surface area contributed by atoms with Gasteiger partial charge in [-0.15, -0.1) is 0 Å². The van der Waals surface area contributed by atoms with Crippen LogP contribution in [0.15, 0.2) is 0 Å². The fourth-order valence-electron chi connectivity index (χ4n) is 0.225. The van der Waals surface area contributed by atoms with Crippen molar-refractivity contribution in [2.75, 3.05) is 7.11 Å². The predicted molar refractivity (Wildman–Crippen MR) is 39.6 cm³/mol. The molecule has 0 bridgehead atoms. The van der Waals surface area contributed by atoms with Gasteiger partial charge < -0.3 is 34.9 Å². The summed E-state index contributed by atoms with van der Waals surface area (Å²) in [5.74, 6) is 0. The van der Waals surface area contributed by atoms with Crippen molar-refractivity contribution in [2.24, 2.45) is 0 Å². The van der Waals surface area contributed by atoms with E-state index in [9.17, 15) is 0 Å². The van der Waals surface area contributed by atoms with Crippen LogP contribution in [0.4, 0.5) is 0 Å². The van der Waals surface area contributed by atoms with Crippen molar-refractivity contribution in [3.63, 3.8) is 0 Å². The molecular weight excluding hydrogens is 165 g/mol. The second kappa shape index (κ2) is 7.18. The molecular formula is C4H8NNaOS2. The van der Waals surface area contributed by atoms with Crippen LogP contribution >= 0.6 is 12.2 Å². The Morgan fingerprint density at radius 1 is 1.78 bits per heavy atom. The van der Waals surface area contributed by atoms with Crippen LogP contribution < -0.4 is 34.9 Å². The molecule has 0 spiro atoms. The average molecular weight is 173 g/mol. The van der Waals surface area contributed by atoms with Gasteiger partial charge in [-0.2, -0.15) is 0 Å². The van der Waals surface area contributed by atoms with E-state index in [0.717, 1.165) is 0 Å². The summed E-state index contributed by atoms with van der Waals surface area (Å²) in [6.07, 6.45) is -0.0694. The first kappa shape index (κ1) is 12.7. The molecule has 2 nitrogen and oxygen atoms in total. The second-order valence-electron chi connectivity index (χ2n) is 1.31. The van der Waals surface area contributed by atoms with Crippen molar-refractivity contribution in [1.29, 1.82) is 0 Å². The molecule has 0 amide bonds. The Morgan fingerprint density at radius 3 is 2.33 bits per heavy atom. The number of hydrogen-bond donors (Lipinski definition) is 1. The van der Waals surface area contributed by atoms with Gasteiger partial charge in [0, 0.05) is 7.11 Å². The van der Waals surface area contributed by atoms with Crippen LogP contribution in [0.5, 0.6) is 0 Å². The van der Waals surface area contributed by atoms with Crippen LogP contribution in [0.2, 0.25) is 0 Å². The zero-order chi connectivity index (χ0) is 6.57. The molecule has 9 heavy (non-hydrogen) atoms. The largest absolute Gasteiger partial charge is 1.00 e. The first-order valence-electron chi connectivity index (χ1n) is 2.17. The quantitative estimate of drug-likeness (QED) is 0.214. The summed E-state index contributed by atoms with van der Waals surface area (Å²) in [6, 6.07) is 0. The number of methoxy groups -OCH3 is 1. The molecule has 48 valence electrons. The summed E-state index contributed by atoms with van der Waals surface area (Å²) < 4.78 is 5.14. The summed E-state index contributed by atoms with van der Waals surface area (Å²) in [4.78, 5) is 0. The van der Waals surface area contributed by atoms with Gasteiger partial charge in [-0.3, -0.25) is 0 Å². The topological polar surface area (TPSA) is 21.3 Å². The Hall–Kier alpha value is 1.07. The molecule has 0 aromatic carbocycles. The molecule has 1 atom stereocenters. The molecule has 0 radical (unpaired) electrons. The predicted octanol–water partition coefficient (Wildman–Crippen LogP) is -2.60. The van der Waals surface area contributed by atoms with E-state index < -0.39 is 0 Å². The van der Waals surface area contributed by atoms with E-state index in [1.54, 1.807) is 7.11 Å². The van der Waals surface area contributed by atoms with E-state index in [2.05, 4.69) is 30.2 Å². The van der Waals surface area contributed by atoms with Crippen molar-refractivity contribution in [1.82, 2.24) is 5.32 Å². The van der Waals surface area contributed by atoms with Gasteiger partial charge in [0.1, 0.15) is 6.23 Å². The van der Waals surface area contributed by atoms with Crippen molar-refractivity contribution in [3.8, 4) is 0 Å². The Balaban J connectivity index is 0. The standard InChI is InChI=1S/C4H9NOS2.Na/c1-3(6-2)5-4(7)8;/h3H,1-2H3,(H2,5,7,8);/q;+1/p-1. The molecule has 0 heterocycles. The van der Waals surface area contributed by atoms with Crippen LogP contribution in [0, 0.1) is 0 Å². The molecule has 0 aromatic heterocycles. The van der Waals surface area contributed by atoms with Gasteiger partial charge in [0.05, 0.1) is 0 Å². The third-order valence-corrected chi connectivity index (χ3v) is 0.910. The Labute approximate surface area is 88.4 Å². The number of rotatable bonds is 2. The summed E-state index contributed by atoms with van der Waals surface area (Å²) in [5, 5.41) is 2.72. The van der Waals surface area contributed by atoms with E-state index >= 15 is 0 Å². The fourth-order valence-corrected chi connectivity index (χ4v) is 0.557. The Morgan fingerprint density at radius 2 is 2.22 bits per heavy atom. The van der Waals surface area contributed by atoms with Gasteiger partial charge in [-0.05, 0) is 6.92 Å². The minimum Gasteiger partial charge on any atom is -0.412 e. The Bertz CT molecular complexity index is 90.6. The van der Waals surface area contributed by atoms with Crippen molar-refractivity contribution < 1.29 is 34.3 Å². The van der Waals surface area contributed by atoms with E-state index in [1.807, 2.05) is 6.92 Å². The van der Waals surface area contributed by atoms with Crippen molar-refractivity contribution in [2.45, 2.75) is 13.2 Å². The second-order valence-corrected chi connectivity index (χ2v) is 2.38. The average Bonchev–Trinajstić information content (AvgIpc) is 1.65. The number of hydrogen-bond acceptors (Lipinski definition) is 3. The van der Waals surface area contributed by atoms with Gasteiger partial charge in [-0.1, -0.05) is 4.32 Å². The monoisotopic (exact) mass is 173 g/mol. The van der Waals surface area contributed by atoms with Crippen LogP contribution in [-0.4, -0.2) is 17.7 Å². The molecule has 0 aliphatic heterocycles. The van der Waals surface area contributed by atoms with E-state index in [-0.39, 0.29) is 35.8 Å². The molecule has 0 fully saturated rings. The number of thiocarbonyl (C=S) groups is 1. The molecule has 0 saturated carbocycles. The zero-order valence-electron chi connectivity index (χ0n) is 5.80. The SMILES string of the molecule is COC(C)NC(=S)[S-].[Na+]. The molecule has 5 heteroatoms. The van der Waals surface area contributed by atoms with Gasteiger partial charge >= 0.3 is 29.6 Å². The molecule has 0 aliphatic carbocycles. The molecule has 0 rings (SSSR count). The van der Waals surface area contributed by atoms with Crippen molar-refractivity contribution in [3.05, 3.63) is 0 Å².